The van der Waals surface area contributed by atoms with Crippen LogP contribution in [-0.2, 0) is 18.9 Å². The first kappa shape index (κ1) is 22.0. The highest BCUT2D eigenvalue weighted by molar-refractivity contribution is 6.48. The van der Waals surface area contributed by atoms with E-state index in [9.17, 15) is 4.79 Å². The second-order valence-electron chi connectivity index (χ2n) is 11.4. The van der Waals surface area contributed by atoms with Crippen molar-refractivity contribution in [1.82, 2.24) is 0 Å². The number of nitrogens with two attached hydrogens (primary N) is 1. The summed E-state index contributed by atoms with van der Waals surface area (Å²) in [6.07, 6.45) is 2.34. The van der Waals surface area contributed by atoms with Crippen molar-refractivity contribution >= 4 is 18.7 Å². The second-order valence-corrected chi connectivity index (χ2v) is 11.4. The van der Waals surface area contributed by atoms with Crippen molar-refractivity contribution in [2.24, 2.45) is 40.0 Å². The Bertz CT molecular complexity index is 920. The van der Waals surface area contributed by atoms with Gasteiger partial charge in [-0.25, -0.2) is 0 Å². The largest absolute Gasteiger partial charge is 0.461 e. The lowest BCUT2D eigenvalue weighted by Gasteiger charge is -2.64. The molecule has 0 radical (unpaired) electrons. The van der Waals surface area contributed by atoms with Gasteiger partial charge in [-0.05, 0) is 54.9 Å². The lowest BCUT2D eigenvalue weighted by Crippen LogP contribution is -2.65. The summed E-state index contributed by atoms with van der Waals surface area (Å²) in [5, 5.41) is 4.35. The molecule has 3 aliphatic carbocycles. The molecule has 0 spiro atoms. The van der Waals surface area contributed by atoms with Crippen molar-refractivity contribution in [3.63, 3.8) is 0 Å². The normalized spacial score (nSPS) is 38.0. The third kappa shape index (κ3) is 3.23. The maximum Gasteiger partial charge on any atom is 0.461 e. The van der Waals surface area contributed by atoms with E-state index >= 15 is 0 Å². The van der Waals surface area contributed by atoms with Crippen LogP contribution in [-0.4, -0.2) is 36.5 Å². The second kappa shape index (κ2) is 7.59. The number of hydrogen-bond donors (Lipinski definition) is 1. The average Bonchev–Trinajstić information content (AvgIpc) is 3.33. The number of hydrogen-bond acceptors (Lipinski definition) is 5. The third-order valence-electron chi connectivity index (χ3n) is 8.78. The molecule has 7 heteroatoms. The fourth-order valence-corrected chi connectivity index (χ4v) is 6.95. The Kier molecular flexibility index (Phi) is 5.21. The summed E-state index contributed by atoms with van der Waals surface area (Å²) in [4.78, 5) is 18.0. The minimum atomic E-state index is -0.818. The van der Waals surface area contributed by atoms with Crippen molar-refractivity contribution in [2.75, 3.05) is 0 Å². The van der Waals surface area contributed by atoms with Crippen molar-refractivity contribution in [2.45, 2.75) is 77.5 Å². The van der Waals surface area contributed by atoms with Gasteiger partial charge in [0.1, 0.15) is 0 Å². The number of amides is 1. The molecule has 5 aliphatic rings. The van der Waals surface area contributed by atoms with E-state index in [2.05, 4.69) is 39.8 Å². The van der Waals surface area contributed by atoms with Crippen LogP contribution in [0.3, 0.4) is 0 Å². The van der Waals surface area contributed by atoms with Crippen molar-refractivity contribution < 1.29 is 18.9 Å². The van der Waals surface area contributed by atoms with Crippen molar-refractivity contribution in [3.8, 4) is 0 Å². The summed E-state index contributed by atoms with van der Waals surface area (Å²) in [5.74, 6) is 0.664. The molecule has 1 amide bonds. The van der Waals surface area contributed by atoms with E-state index in [0.717, 1.165) is 24.1 Å². The molecule has 2 heterocycles. The Hall–Kier alpha value is -1.86. The zero-order valence-electron chi connectivity index (χ0n) is 19.8. The summed E-state index contributed by atoms with van der Waals surface area (Å²) in [7, 11) is -0.412. The van der Waals surface area contributed by atoms with Gasteiger partial charge < -0.3 is 19.9 Å². The summed E-state index contributed by atoms with van der Waals surface area (Å²) >= 11 is 0. The SMILES string of the molecule is CC(C)C[C@@H](B1O[C@@H]2C[C@@H]3C[C@@H](C3(C)C)[C@]2(C)O1)C1C(c2ccccc2)=NOC1C(N)=O. The summed E-state index contributed by atoms with van der Waals surface area (Å²) in [6.45, 7) is 11.3. The van der Waals surface area contributed by atoms with Crippen molar-refractivity contribution in [3.05, 3.63) is 35.9 Å². The predicted octanol–water partition coefficient (Wildman–Crippen LogP) is 4.04. The molecule has 2 unspecified atom stereocenters. The highest BCUT2D eigenvalue weighted by Crippen LogP contribution is 2.66. The van der Waals surface area contributed by atoms with Gasteiger partial charge in [0.2, 0.25) is 6.10 Å². The molecule has 6 rings (SSSR count). The highest BCUT2D eigenvalue weighted by atomic mass is 16.7. The number of primary amides is 1. The van der Waals surface area contributed by atoms with Crippen LogP contribution in [0.25, 0.3) is 0 Å². The van der Waals surface area contributed by atoms with Crippen LogP contribution < -0.4 is 5.73 Å². The Labute approximate surface area is 191 Å². The lowest BCUT2D eigenvalue weighted by molar-refractivity contribution is -0.199. The van der Waals surface area contributed by atoms with E-state index < -0.39 is 19.1 Å². The monoisotopic (exact) mass is 438 g/mol. The van der Waals surface area contributed by atoms with E-state index in [4.69, 9.17) is 19.9 Å². The first-order chi connectivity index (χ1) is 15.1. The number of carbonyl (C=O) groups excluding carboxylic acids is 1. The quantitative estimate of drug-likeness (QED) is 0.680. The number of oxime groups is 1. The fraction of sp³-hybridized carbons (Fsp3) is 0.680. The third-order valence-corrected chi connectivity index (χ3v) is 8.78. The van der Waals surface area contributed by atoms with Gasteiger partial charge in [-0.1, -0.05) is 63.2 Å². The van der Waals surface area contributed by atoms with Crippen LogP contribution in [0.2, 0.25) is 5.82 Å². The molecule has 6 nitrogen and oxygen atoms in total. The van der Waals surface area contributed by atoms with E-state index in [1.807, 2.05) is 30.3 Å². The minimum Gasteiger partial charge on any atom is -0.405 e. The van der Waals surface area contributed by atoms with Gasteiger partial charge >= 0.3 is 7.12 Å². The molecular formula is C25H35BN2O4. The summed E-state index contributed by atoms with van der Waals surface area (Å²) in [6, 6.07) is 9.91. The molecule has 1 aromatic rings. The first-order valence-electron chi connectivity index (χ1n) is 12.0. The lowest BCUT2D eigenvalue weighted by atomic mass is 9.43. The van der Waals surface area contributed by atoms with E-state index in [0.29, 0.717) is 17.8 Å². The molecule has 2 aliphatic heterocycles. The predicted molar refractivity (Wildman–Crippen MR) is 124 cm³/mol. The number of nitrogens with zero attached hydrogens (tertiary/aromatic N) is 1. The van der Waals surface area contributed by atoms with Gasteiger partial charge in [-0.3, -0.25) is 4.79 Å². The maximum atomic E-state index is 12.4. The molecule has 4 fully saturated rings. The molecule has 7 atom stereocenters. The van der Waals surface area contributed by atoms with Crippen molar-refractivity contribution in [1.29, 1.82) is 0 Å². The molecular weight excluding hydrogens is 403 g/mol. The van der Waals surface area contributed by atoms with E-state index in [1.165, 1.54) is 6.42 Å². The van der Waals surface area contributed by atoms with Crippen LogP contribution in [0.1, 0.15) is 59.4 Å². The van der Waals surface area contributed by atoms with Gasteiger partial charge in [0, 0.05) is 5.82 Å². The highest BCUT2D eigenvalue weighted by Gasteiger charge is 2.69. The van der Waals surface area contributed by atoms with Gasteiger partial charge in [0.05, 0.1) is 23.3 Å². The van der Waals surface area contributed by atoms with Crippen LogP contribution >= 0.6 is 0 Å². The molecule has 2 bridgehead atoms. The van der Waals surface area contributed by atoms with Gasteiger partial charge in [0.25, 0.3) is 5.91 Å². The van der Waals surface area contributed by atoms with Crippen LogP contribution in [0.5, 0.6) is 0 Å². The molecule has 0 aromatic heterocycles. The Morgan fingerprint density at radius 3 is 2.56 bits per heavy atom. The van der Waals surface area contributed by atoms with E-state index in [-0.39, 0.29) is 28.9 Å². The zero-order valence-corrected chi connectivity index (χ0v) is 19.8. The molecule has 3 saturated carbocycles. The standard InChI is InChI=1S/C25H35BN2O4/c1-14(2)11-17(20-21(15-9-7-6-8-10-15)28-31-22(20)23(27)29)26-30-19-13-16-12-18(24(16,3)4)25(19,5)32-26/h6-10,14,16-20,22H,11-13H2,1-5H3,(H2,27,29)/t16-,17+,18-,19+,20?,22?,25-/m0/s1. The number of benzene rings is 1. The summed E-state index contributed by atoms with van der Waals surface area (Å²) in [5.41, 5.74) is 7.47. The van der Waals surface area contributed by atoms with Crippen LogP contribution in [0.15, 0.2) is 35.5 Å². The molecule has 1 aromatic carbocycles. The summed E-state index contributed by atoms with van der Waals surface area (Å²) < 4.78 is 13.5. The topological polar surface area (TPSA) is 83.1 Å². The minimum absolute atomic E-state index is 0.0864. The van der Waals surface area contributed by atoms with Gasteiger partial charge in [-0.2, -0.15) is 0 Å². The first-order valence-corrected chi connectivity index (χ1v) is 12.0. The smallest absolute Gasteiger partial charge is 0.405 e. The molecule has 1 saturated heterocycles. The Morgan fingerprint density at radius 2 is 1.94 bits per heavy atom. The number of rotatable bonds is 6. The fourth-order valence-electron chi connectivity index (χ4n) is 6.95. The van der Waals surface area contributed by atoms with Crippen LogP contribution in [0.4, 0.5) is 0 Å². The average molecular weight is 438 g/mol. The van der Waals surface area contributed by atoms with Gasteiger partial charge in [-0.15, -0.1) is 0 Å². The molecule has 32 heavy (non-hydrogen) atoms. The maximum absolute atomic E-state index is 12.4. The molecule has 2 N–H and O–H groups in total. The Balaban J connectivity index is 1.49. The molecule has 172 valence electrons. The Morgan fingerprint density at radius 1 is 1.22 bits per heavy atom. The zero-order chi connectivity index (χ0) is 22.8. The van der Waals surface area contributed by atoms with E-state index in [1.54, 1.807) is 0 Å². The van der Waals surface area contributed by atoms with Crippen LogP contribution in [0, 0.1) is 29.1 Å². The number of carbonyl (C=O) groups is 1. The van der Waals surface area contributed by atoms with Gasteiger partial charge in [0.15, 0.2) is 0 Å².